The average Bonchev–Trinajstić information content (AvgIpc) is 3.02. The van der Waals surface area contributed by atoms with Gasteiger partial charge in [0.2, 0.25) is 11.8 Å². The third-order valence-electron chi connectivity index (χ3n) is 5.90. The zero-order chi connectivity index (χ0) is 25.6. The van der Waals surface area contributed by atoms with E-state index >= 15 is 0 Å². The Morgan fingerprint density at radius 3 is 2.54 bits per heavy atom. The Labute approximate surface area is 214 Å². The van der Waals surface area contributed by atoms with E-state index < -0.39 is 22.0 Å². The molecule has 0 radical (unpaired) electrons. The third-order valence-corrected chi connectivity index (χ3v) is 8.24. The number of unbranched alkanes of at least 4 members (excludes halogenated alkanes) is 1. The van der Waals surface area contributed by atoms with E-state index in [1.807, 2.05) is 31.2 Å². The summed E-state index contributed by atoms with van der Waals surface area (Å²) in [7, 11) is -3.92. The molecule has 0 bridgehead atoms. The maximum atomic E-state index is 13.2. The van der Waals surface area contributed by atoms with Crippen molar-refractivity contribution in [2.24, 2.45) is 0 Å². The molecule has 0 saturated heterocycles. The van der Waals surface area contributed by atoms with E-state index in [0.29, 0.717) is 6.54 Å². The van der Waals surface area contributed by atoms with Crippen LogP contribution in [0.2, 0.25) is 0 Å². The predicted molar refractivity (Wildman–Crippen MR) is 136 cm³/mol. The van der Waals surface area contributed by atoms with E-state index in [-0.39, 0.29) is 48.2 Å². The number of halogens is 1. The number of rotatable bonds is 11. The van der Waals surface area contributed by atoms with Crippen LogP contribution in [0, 0.1) is 0 Å². The van der Waals surface area contributed by atoms with Gasteiger partial charge in [0.25, 0.3) is 15.9 Å². The van der Waals surface area contributed by atoms with E-state index in [0.717, 1.165) is 27.2 Å². The normalized spacial score (nSPS) is 14.9. The van der Waals surface area contributed by atoms with Crippen LogP contribution >= 0.6 is 15.9 Å². The fourth-order valence-corrected chi connectivity index (χ4v) is 5.97. The van der Waals surface area contributed by atoms with Crippen molar-refractivity contribution in [2.75, 3.05) is 13.1 Å². The molecule has 2 aromatic carbocycles. The minimum Gasteiger partial charge on any atom is -0.354 e. The Morgan fingerprint density at radius 2 is 1.86 bits per heavy atom. The lowest BCUT2D eigenvalue weighted by atomic mass is 10.1. The molecular weight excluding hydrogens is 534 g/mol. The number of nitrogens with zero attached hydrogens (tertiary/aromatic N) is 2. The zero-order valence-corrected chi connectivity index (χ0v) is 22.3. The molecule has 1 unspecified atom stereocenters. The molecule has 0 fully saturated rings. The molecule has 35 heavy (non-hydrogen) atoms. The molecule has 10 heteroatoms. The van der Waals surface area contributed by atoms with E-state index in [1.165, 1.54) is 17.0 Å². The highest BCUT2D eigenvalue weighted by Gasteiger charge is 2.40. The maximum Gasteiger partial charge on any atom is 0.269 e. The summed E-state index contributed by atoms with van der Waals surface area (Å²) in [4.78, 5) is 40.0. The number of amides is 3. The van der Waals surface area contributed by atoms with Gasteiger partial charge in [0.1, 0.15) is 10.9 Å². The summed E-state index contributed by atoms with van der Waals surface area (Å²) in [5.74, 6) is -1.11. The lowest BCUT2D eigenvalue weighted by Crippen LogP contribution is -2.48. The second-order valence-electron chi connectivity index (χ2n) is 8.45. The van der Waals surface area contributed by atoms with Gasteiger partial charge in [-0.1, -0.05) is 53.5 Å². The number of carbonyl (C=O) groups is 3. The molecular formula is C25H30BrN3O5S. The highest BCUT2D eigenvalue weighted by molar-refractivity contribution is 9.10. The Balaban J connectivity index is 1.69. The number of sulfonamides is 1. The number of benzene rings is 2. The van der Waals surface area contributed by atoms with Crippen molar-refractivity contribution >= 4 is 43.7 Å². The minimum atomic E-state index is -3.92. The molecule has 1 aliphatic rings. The van der Waals surface area contributed by atoms with Crippen molar-refractivity contribution in [3.05, 3.63) is 64.1 Å². The largest absolute Gasteiger partial charge is 0.354 e. The number of hydrogen-bond acceptors (Lipinski definition) is 5. The zero-order valence-electron chi connectivity index (χ0n) is 19.9. The quantitative estimate of drug-likeness (QED) is 0.420. The van der Waals surface area contributed by atoms with Gasteiger partial charge in [0.05, 0.1) is 5.56 Å². The van der Waals surface area contributed by atoms with Gasteiger partial charge in [-0.2, -0.15) is 0 Å². The molecule has 188 valence electrons. The van der Waals surface area contributed by atoms with Crippen molar-refractivity contribution in [1.82, 2.24) is 14.5 Å². The smallest absolute Gasteiger partial charge is 0.269 e. The van der Waals surface area contributed by atoms with Crippen molar-refractivity contribution in [3.63, 3.8) is 0 Å². The van der Waals surface area contributed by atoms with Gasteiger partial charge in [-0.05, 0) is 49.6 Å². The van der Waals surface area contributed by atoms with Crippen molar-refractivity contribution in [3.8, 4) is 0 Å². The van der Waals surface area contributed by atoms with Gasteiger partial charge in [0.15, 0.2) is 0 Å². The Morgan fingerprint density at radius 1 is 1.11 bits per heavy atom. The molecule has 0 aliphatic carbocycles. The molecule has 1 atom stereocenters. The first-order valence-electron chi connectivity index (χ1n) is 11.6. The molecule has 3 amide bonds. The van der Waals surface area contributed by atoms with Gasteiger partial charge in [-0.15, -0.1) is 0 Å². The Bertz CT molecular complexity index is 1200. The molecule has 1 heterocycles. The van der Waals surface area contributed by atoms with Crippen LogP contribution in [0.3, 0.4) is 0 Å². The SMILES string of the molecule is CCCCNC(=O)C(C)N(Cc1cccc(Br)c1)C(=O)CCCN1C(=O)c2ccccc2S1(=O)=O. The summed E-state index contributed by atoms with van der Waals surface area (Å²) in [5, 5.41) is 2.87. The van der Waals surface area contributed by atoms with Crippen LogP contribution in [0.15, 0.2) is 57.9 Å². The monoisotopic (exact) mass is 563 g/mol. The minimum absolute atomic E-state index is 0.00374. The Hall–Kier alpha value is -2.72. The Kier molecular flexibility index (Phi) is 9.07. The van der Waals surface area contributed by atoms with Crippen LogP contribution in [0.4, 0.5) is 0 Å². The standard InChI is InChI=1S/C25H30BrN3O5S/c1-3-4-14-27-24(31)18(2)28(17-19-9-7-10-20(26)16-19)23(30)13-8-15-29-25(32)21-11-5-6-12-22(21)35(29,33)34/h5-7,9-12,16,18H,3-4,8,13-15,17H2,1-2H3,(H,27,31). The topological polar surface area (TPSA) is 104 Å². The van der Waals surface area contributed by atoms with Gasteiger partial charge >= 0.3 is 0 Å². The van der Waals surface area contributed by atoms with Gasteiger partial charge in [-0.3, -0.25) is 14.4 Å². The summed E-state index contributed by atoms with van der Waals surface area (Å²) < 4.78 is 27.2. The van der Waals surface area contributed by atoms with Crippen LogP contribution in [0.5, 0.6) is 0 Å². The third kappa shape index (κ3) is 6.29. The van der Waals surface area contributed by atoms with Crippen molar-refractivity contribution in [2.45, 2.75) is 57.0 Å². The second-order valence-corrected chi connectivity index (χ2v) is 11.2. The maximum absolute atomic E-state index is 13.2. The van der Waals surface area contributed by atoms with Crippen LogP contribution in [0.25, 0.3) is 0 Å². The van der Waals surface area contributed by atoms with Gasteiger partial charge in [0, 0.05) is 30.5 Å². The van der Waals surface area contributed by atoms with Crippen LogP contribution < -0.4 is 5.32 Å². The molecule has 1 N–H and O–H groups in total. The first-order valence-corrected chi connectivity index (χ1v) is 13.9. The fraction of sp³-hybridized carbons (Fsp3) is 0.400. The van der Waals surface area contributed by atoms with E-state index in [1.54, 1.807) is 19.1 Å². The summed E-state index contributed by atoms with van der Waals surface area (Å²) in [6.07, 6.45) is 1.93. The number of nitrogens with one attached hydrogen (secondary N) is 1. The van der Waals surface area contributed by atoms with Gasteiger partial charge in [-0.25, -0.2) is 12.7 Å². The highest BCUT2D eigenvalue weighted by atomic mass is 79.9. The van der Waals surface area contributed by atoms with Gasteiger partial charge < -0.3 is 10.2 Å². The average molecular weight is 565 g/mol. The van der Waals surface area contributed by atoms with Crippen LogP contribution in [0.1, 0.15) is 55.5 Å². The first-order chi connectivity index (χ1) is 16.7. The van der Waals surface area contributed by atoms with Crippen molar-refractivity contribution < 1.29 is 22.8 Å². The predicted octanol–water partition coefficient (Wildman–Crippen LogP) is 3.71. The van der Waals surface area contributed by atoms with Crippen molar-refractivity contribution in [1.29, 1.82) is 0 Å². The molecule has 2 aromatic rings. The number of fused-ring (bicyclic) bond motifs is 1. The lowest BCUT2D eigenvalue weighted by molar-refractivity contribution is -0.140. The van der Waals surface area contributed by atoms with E-state index in [9.17, 15) is 22.8 Å². The fourth-order valence-electron chi connectivity index (χ4n) is 3.92. The molecule has 0 spiro atoms. The van der Waals surface area contributed by atoms with Crippen LogP contribution in [-0.4, -0.2) is 54.5 Å². The second kappa shape index (κ2) is 11.8. The first kappa shape index (κ1) is 26.9. The lowest BCUT2D eigenvalue weighted by Gasteiger charge is -2.29. The van der Waals surface area contributed by atoms with Crippen LogP contribution in [-0.2, 0) is 26.2 Å². The summed E-state index contributed by atoms with van der Waals surface area (Å²) >= 11 is 3.43. The van der Waals surface area contributed by atoms with E-state index in [4.69, 9.17) is 0 Å². The summed E-state index contributed by atoms with van der Waals surface area (Å²) in [6.45, 7) is 4.37. The number of carbonyl (C=O) groups excluding carboxylic acids is 3. The highest BCUT2D eigenvalue weighted by Crippen LogP contribution is 2.30. The molecule has 8 nitrogen and oxygen atoms in total. The molecule has 0 saturated carbocycles. The molecule has 0 aromatic heterocycles. The molecule has 3 rings (SSSR count). The molecule has 1 aliphatic heterocycles. The summed E-state index contributed by atoms with van der Waals surface area (Å²) in [6, 6.07) is 12.9. The summed E-state index contributed by atoms with van der Waals surface area (Å²) in [5.41, 5.74) is 1.00. The number of hydrogen-bond donors (Lipinski definition) is 1. The van der Waals surface area contributed by atoms with E-state index in [2.05, 4.69) is 21.2 Å².